The van der Waals surface area contributed by atoms with E-state index >= 15 is 0 Å². The number of benzene rings is 2. The first-order chi connectivity index (χ1) is 11.1. The SMILES string of the molecule is COc1cc(CNC(=O)NCc2ccc(F)cc2)cc(OC)c1. The number of carbonyl (C=O) groups excluding carboxylic acids is 1. The second-order valence-electron chi connectivity index (χ2n) is 4.88. The lowest BCUT2D eigenvalue weighted by Crippen LogP contribution is -2.34. The van der Waals surface area contributed by atoms with Crippen LogP contribution in [0.1, 0.15) is 11.1 Å². The molecule has 0 saturated heterocycles. The zero-order chi connectivity index (χ0) is 16.7. The Balaban J connectivity index is 1.85. The molecule has 2 rings (SSSR count). The fourth-order valence-electron chi connectivity index (χ4n) is 2.00. The van der Waals surface area contributed by atoms with Gasteiger partial charge in [-0.3, -0.25) is 0 Å². The van der Waals surface area contributed by atoms with Crippen LogP contribution in [-0.2, 0) is 13.1 Å². The second kappa shape index (κ2) is 8.03. The number of hydrogen-bond acceptors (Lipinski definition) is 3. The summed E-state index contributed by atoms with van der Waals surface area (Å²) >= 11 is 0. The summed E-state index contributed by atoms with van der Waals surface area (Å²) in [5.74, 6) is 1.02. The lowest BCUT2D eigenvalue weighted by atomic mass is 10.2. The Morgan fingerprint density at radius 2 is 1.43 bits per heavy atom. The number of nitrogens with one attached hydrogen (secondary N) is 2. The largest absolute Gasteiger partial charge is 0.497 e. The zero-order valence-corrected chi connectivity index (χ0v) is 13.1. The van der Waals surface area contributed by atoms with Crippen LogP contribution < -0.4 is 20.1 Å². The van der Waals surface area contributed by atoms with Gasteiger partial charge in [-0.2, -0.15) is 0 Å². The van der Waals surface area contributed by atoms with Crippen LogP contribution in [-0.4, -0.2) is 20.3 Å². The van der Waals surface area contributed by atoms with E-state index in [1.165, 1.54) is 12.1 Å². The van der Waals surface area contributed by atoms with Gasteiger partial charge in [0.2, 0.25) is 0 Å². The van der Waals surface area contributed by atoms with E-state index in [9.17, 15) is 9.18 Å². The lowest BCUT2D eigenvalue weighted by Gasteiger charge is -2.10. The number of halogens is 1. The summed E-state index contributed by atoms with van der Waals surface area (Å²) in [6.07, 6.45) is 0. The van der Waals surface area contributed by atoms with Gasteiger partial charge in [0.25, 0.3) is 0 Å². The van der Waals surface area contributed by atoms with Gasteiger partial charge in [-0.05, 0) is 35.4 Å². The summed E-state index contributed by atoms with van der Waals surface area (Å²) in [6, 6.07) is 11.1. The first-order valence-electron chi connectivity index (χ1n) is 7.09. The quantitative estimate of drug-likeness (QED) is 0.861. The van der Waals surface area contributed by atoms with Crippen LogP contribution in [0.3, 0.4) is 0 Å². The molecule has 0 aromatic heterocycles. The van der Waals surface area contributed by atoms with E-state index in [4.69, 9.17) is 9.47 Å². The van der Waals surface area contributed by atoms with E-state index in [1.807, 2.05) is 12.1 Å². The van der Waals surface area contributed by atoms with Crippen molar-refractivity contribution in [3.8, 4) is 11.5 Å². The molecule has 0 atom stereocenters. The van der Waals surface area contributed by atoms with Crippen molar-refractivity contribution >= 4 is 6.03 Å². The van der Waals surface area contributed by atoms with E-state index in [1.54, 1.807) is 32.4 Å². The maximum absolute atomic E-state index is 12.8. The van der Waals surface area contributed by atoms with E-state index in [0.29, 0.717) is 24.6 Å². The fourth-order valence-corrected chi connectivity index (χ4v) is 2.00. The van der Waals surface area contributed by atoms with Crippen molar-refractivity contribution in [2.75, 3.05) is 14.2 Å². The molecule has 0 unspecified atom stereocenters. The number of urea groups is 1. The molecule has 2 aromatic rings. The van der Waals surface area contributed by atoms with Crippen molar-refractivity contribution < 1.29 is 18.7 Å². The lowest BCUT2D eigenvalue weighted by molar-refractivity contribution is 0.240. The minimum absolute atomic E-state index is 0.301. The summed E-state index contributed by atoms with van der Waals surface area (Å²) in [5.41, 5.74) is 1.68. The third-order valence-corrected chi connectivity index (χ3v) is 3.23. The third kappa shape index (κ3) is 5.18. The zero-order valence-electron chi connectivity index (χ0n) is 13.1. The highest BCUT2D eigenvalue weighted by Gasteiger charge is 2.05. The fraction of sp³-hybridized carbons (Fsp3) is 0.235. The van der Waals surface area contributed by atoms with Crippen molar-refractivity contribution in [2.45, 2.75) is 13.1 Å². The number of methoxy groups -OCH3 is 2. The smallest absolute Gasteiger partial charge is 0.315 e. The highest BCUT2D eigenvalue weighted by molar-refractivity contribution is 5.73. The Morgan fingerprint density at radius 1 is 0.913 bits per heavy atom. The minimum Gasteiger partial charge on any atom is -0.497 e. The summed E-state index contributed by atoms with van der Waals surface area (Å²) in [6.45, 7) is 0.663. The molecular formula is C17H19FN2O3. The molecule has 0 radical (unpaired) electrons. The van der Waals surface area contributed by atoms with Crippen LogP contribution in [0, 0.1) is 5.82 Å². The van der Waals surface area contributed by atoms with Crippen molar-refractivity contribution in [3.63, 3.8) is 0 Å². The molecule has 5 nitrogen and oxygen atoms in total. The van der Waals surface area contributed by atoms with Crippen molar-refractivity contribution in [2.24, 2.45) is 0 Å². The van der Waals surface area contributed by atoms with E-state index in [2.05, 4.69) is 10.6 Å². The van der Waals surface area contributed by atoms with E-state index < -0.39 is 0 Å². The average Bonchev–Trinajstić information content (AvgIpc) is 2.59. The molecule has 0 aliphatic rings. The van der Waals surface area contributed by atoms with Gasteiger partial charge in [0.1, 0.15) is 17.3 Å². The van der Waals surface area contributed by atoms with Gasteiger partial charge in [-0.25, -0.2) is 9.18 Å². The minimum atomic E-state index is -0.309. The molecule has 23 heavy (non-hydrogen) atoms. The molecule has 0 bridgehead atoms. The topological polar surface area (TPSA) is 59.6 Å². The van der Waals surface area contributed by atoms with Gasteiger partial charge in [-0.15, -0.1) is 0 Å². The Hall–Kier alpha value is -2.76. The molecule has 2 N–H and O–H groups in total. The Kier molecular flexibility index (Phi) is 5.80. The summed E-state index contributed by atoms with van der Waals surface area (Å²) in [4.78, 5) is 11.8. The standard InChI is InChI=1S/C17H19FN2O3/c1-22-15-7-13(8-16(9-15)23-2)11-20-17(21)19-10-12-3-5-14(18)6-4-12/h3-9H,10-11H2,1-2H3,(H2,19,20,21). The van der Waals surface area contributed by atoms with Crippen LogP contribution in [0.2, 0.25) is 0 Å². The van der Waals surface area contributed by atoms with Gasteiger partial charge in [0, 0.05) is 19.2 Å². The number of ether oxygens (including phenoxy) is 2. The van der Waals surface area contributed by atoms with Crippen LogP contribution in [0.15, 0.2) is 42.5 Å². The van der Waals surface area contributed by atoms with Crippen LogP contribution in [0.4, 0.5) is 9.18 Å². The molecule has 0 spiro atoms. The van der Waals surface area contributed by atoms with Gasteiger partial charge in [-0.1, -0.05) is 12.1 Å². The molecule has 0 aliphatic carbocycles. The predicted molar refractivity (Wildman–Crippen MR) is 85.0 cm³/mol. The summed E-state index contributed by atoms with van der Waals surface area (Å²) in [7, 11) is 3.14. The number of amides is 2. The van der Waals surface area contributed by atoms with Gasteiger partial charge in [0.05, 0.1) is 14.2 Å². The Labute approximate surface area is 134 Å². The summed E-state index contributed by atoms with van der Waals surface area (Å²) < 4.78 is 23.2. The van der Waals surface area contributed by atoms with Gasteiger partial charge < -0.3 is 20.1 Å². The molecule has 2 amide bonds. The highest BCUT2D eigenvalue weighted by Crippen LogP contribution is 2.22. The average molecular weight is 318 g/mol. The molecule has 122 valence electrons. The summed E-state index contributed by atoms with van der Waals surface area (Å²) in [5, 5.41) is 5.46. The number of rotatable bonds is 6. The first kappa shape index (κ1) is 16.6. The number of carbonyl (C=O) groups is 1. The first-order valence-corrected chi connectivity index (χ1v) is 7.09. The molecule has 2 aromatic carbocycles. The van der Waals surface area contributed by atoms with E-state index in [-0.39, 0.29) is 11.8 Å². The van der Waals surface area contributed by atoms with Crippen molar-refractivity contribution in [1.29, 1.82) is 0 Å². The van der Waals surface area contributed by atoms with E-state index in [0.717, 1.165) is 11.1 Å². The Morgan fingerprint density at radius 3 is 1.96 bits per heavy atom. The monoisotopic (exact) mass is 318 g/mol. The third-order valence-electron chi connectivity index (χ3n) is 3.23. The highest BCUT2D eigenvalue weighted by atomic mass is 19.1. The van der Waals surface area contributed by atoms with Crippen LogP contribution >= 0.6 is 0 Å². The molecule has 0 saturated carbocycles. The predicted octanol–water partition coefficient (Wildman–Crippen LogP) is 2.84. The maximum Gasteiger partial charge on any atom is 0.315 e. The second-order valence-corrected chi connectivity index (χ2v) is 4.88. The normalized spacial score (nSPS) is 10.0. The van der Waals surface area contributed by atoms with Gasteiger partial charge >= 0.3 is 6.03 Å². The molecule has 0 fully saturated rings. The molecule has 0 heterocycles. The van der Waals surface area contributed by atoms with Crippen molar-refractivity contribution in [3.05, 3.63) is 59.4 Å². The Bertz CT molecular complexity index is 637. The molecule has 6 heteroatoms. The molecular weight excluding hydrogens is 299 g/mol. The number of hydrogen-bond donors (Lipinski definition) is 2. The van der Waals surface area contributed by atoms with Crippen molar-refractivity contribution in [1.82, 2.24) is 10.6 Å². The van der Waals surface area contributed by atoms with Crippen LogP contribution in [0.5, 0.6) is 11.5 Å². The van der Waals surface area contributed by atoms with Gasteiger partial charge in [0.15, 0.2) is 0 Å². The maximum atomic E-state index is 12.8. The molecule has 0 aliphatic heterocycles. The van der Waals surface area contributed by atoms with Crippen LogP contribution in [0.25, 0.3) is 0 Å².